The Morgan fingerprint density at radius 3 is 2.62 bits per heavy atom. The molecule has 0 aliphatic carbocycles. The van der Waals surface area contributed by atoms with Crippen molar-refractivity contribution in [3.05, 3.63) is 65.5 Å². The lowest BCUT2D eigenvalue weighted by Crippen LogP contribution is -2.14. The molecule has 1 aromatic heterocycles. The lowest BCUT2D eigenvalue weighted by Gasteiger charge is -2.04. The average Bonchev–Trinajstić information content (AvgIpc) is 2.51. The minimum atomic E-state index is -0.511. The van der Waals surface area contributed by atoms with Crippen LogP contribution in [0.4, 0.5) is 11.5 Å². The largest absolute Gasteiger partial charge is 0.345 e. The van der Waals surface area contributed by atoms with E-state index in [0.717, 1.165) is 0 Å². The zero-order valence-electron chi connectivity index (χ0n) is 10.9. The van der Waals surface area contributed by atoms with Crippen LogP contribution in [-0.4, -0.2) is 10.9 Å². The number of nitrogens with one attached hydrogen (secondary N) is 2. The van der Waals surface area contributed by atoms with Gasteiger partial charge in [0, 0.05) is 23.1 Å². The van der Waals surface area contributed by atoms with Crippen molar-refractivity contribution >= 4 is 29.0 Å². The van der Waals surface area contributed by atoms with Gasteiger partial charge in [0.15, 0.2) is 0 Å². The Labute approximate surface area is 126 Å². The summed E-state index contributed by atoms with van der Waals surface area (Å²) >= 11 is 5.76. The van der Waals surface area contributed by atoms with Crippen LogP contribution >= 0.6 is 11.6 Å². The van der Waals surface area contributed by atoms with Crippen molar-refractivity contribution < 1.29 is 4.79 Å². The van der Waals surface area contributed by atoms with Crippen molar-refractivity contribution in [3.63, 3.8) is 0 Å². The van der Waals surface area contributed by atoms with Crippen molar-refractivity contribution in [2.75, 3.05) is 10.6 Å². The highest BCUT2D eigenvalue weighted by Crippen LogP contribution is 2.14. The standard InChI is InChI=1S/C15H11ClN4O/c16-12-4-6-13(7-5-12)20-15(21)11(9-17)10-19-14-3-1-2-8-18-14/h1-8,10H,(H,18,19)(H,20,21)/b11-10-. The summed E-state index contributed by atoms with van der Waals surface area (Å²) in [6, 6.07) is 13.7. The molecule has 2 N–H and O–H groups in total. The molecule has 0 unspecified atom stereocenters. The highest BCUT2D eigenvalue weighted by Gasteiger charge is 2.09. The molecule has 0 saturated heterocycles. The molecular formula is C15H11ClN4O. The van der Waals surface area contributed by atoms with Crippen molar-refractivity contribution in [1.29, 1.82) is 5.26 Å². The summed E-state index contributed by atoms with van der Waals surface area (Å²) in [5.41, 5.74) is 0.499. The smallest absolute Gasteiger partial charge is 0.267 e. The van der Waals surface area contributed by atoms with Crippen LogP contribution in [0.15, 0.2) is 60.4 Å². The number of hydrogen-bond donors (Lipinski definition) is 2. The topological polar surface area (TPSA) is 77.8 Å². The Morgan fingerprint density at radius 1 is 1.24 bits per heavy atom. The third kappa shape index (κ3) is 4.34. The van der Waals surface area contributed by atoms with E-state index in [2.05, 4.69) is 15.6 Å². The van der Waals surface area contributed by atoms with E-state index in [9.17, 15) is 4.79 Å². The summed E-state index contributed by atoms with van der Waals surface area (Å²) in [4.78, 5) is 16.0. The first kappa shape index (κ1) is 14.6. The molecule has 0 radical (unpaired) electrons. The first-order chi connectivity index (χ1) is 10.2. The minimum Gasteiger partial charge on any atom is -0.345 e. The van der Waals surface area contributed by atoms with Crippen LogP contribution in [0.3, 0.4) is 0 Å². The second-order valence-electron chi connectivity index (χ2n) is 3.99. The summed E-state index contributed by atoms with van der Waals surface area (Å²) < 4.78 is 0. The fourth-order valence-electron chi connectivity index (χ4n) is 1.47. The Hall–Kier alpha value is -2.84. The van der Waals surface area contributed by atoms with Crippen molar-refractivity contribution in [1.82, 2.24) is 4.98 Å². The van der Waals surface area contributed by atoms with Crippen molar-refractivity contribution in [2.45, 2.75) is 0 Å². The van der Waals surface area contributed by atoms with Crippen LogP contribution in [0, 0.1) is 11.3 Å². The number of nitrogens with zero attached hydrogens (tertiary/aromatic N) is 2. The molecule has 5 nitrogen and oxygen atoms in total. The number of nitriles is 1. The lowest BCUT2D eigenvalue weighted by molar-refractivity contribution is -0.112. The third-order valence-electron chi connectivity index (χ3n) is 2.50. The summed E-state index contributed by atoms with van der Waals surface area (Å²) in [6.45, 7) is 0. The van der Waals surface area contributed by atoms with Gasteiger partial charge in [-0.1, -0.05) is 17.7 Å². The van der Waals surface area contributed by atoms with Gasteiger partial charge in [0.05, 0.1) is 0 Å². The number of carbonyl (C=O) groups excluding carboxylic acids is 1. The lowest BCUT2D eigenvalue weighted by atomic mass is 10.2. The number of carbonyl (C=O) groups is 1. The van der Waals surface area contributed by atoms with Crippen LogP contribution in [0.2, 0.25) is 5.02 Å². The summed E-state index contributed by atoms with van der Waals surface area (Å²) in [5.74, 6) is 0.0350. The van der Waals surface area contributed by atoms with Gasteiger partial charge in [-0.2, -0.15) is 5.26 Å². The van der Waals surface area contributed by atoms with Crippen LogP contribution < -0.4 is 10.6 Å². The molecule has 1 heterocycles. The normalized spacial score (nSPS) is 10.6. The molecule has 1 aromatic carbocycles. The fraction of sp³-hybridized carbons (Fsp3) is 0. The van der Waals surface area contributed by atoms with Gasteiger partial charge in [0.2, 0.25) is 0 Å². The molecule has 0 bridgehead atoms. The first-order valence-electron chi connectivity index (χ1n) is 6.04. The van der Waals surface area contributed by atoms with Gasteiger partial charge in [0.1, 0.15) is 17.5 Å². The molecule has 2 rings (SSSR count). The Morgan fingerprint density at radius 2 is 2.00 bits per heavy atom. The molecule has 2 aromatic rings. The van der Waals surface area contributed by atoms with E-state index in [-0.39, 0.29) is 5.57 Å². The van der Waals surface area contributed by atoms with Crippen molar-refractivity contribution in [3.8, 4) is 6.07 Å². The van der Waals surface area contributed by atoms with Crippen LogP contribution in [0.25, 0.3) is 0 Å². The van der Waals surface area contributed by atoms with Gasteiger partial charge in [0.25, 0.3) is 5.91 Å². The number of hydrogen-bond acceptors (Lipinski definition) is 4. The molecule has 0 fully saturated rings. The van der Waals surface area contributed by atoms with E-state index in [4.69, 9.17) is 16.9 Å². The maximum atomic E-state index is 12.0. The van der Waals surface area contributed by atoms with Gasteiger partial charge in [-0.15, -0.1) is 0 Å². The SMILES string of the molecule is N#C/C(=C/Nc1ccccn1)C(=O)Nc1ccc(Cl)cc1. The maximum absolute atomic E-state index is 12.0. The summed E-state index contributed by atoms with van der Waals surface area (Å²) in [6.07, 6.45) is 2.92. The predicted octanol–water partition coefficient (Wildman–Crippen LogP) is 3.19. The van der Waals surface area contributed by atoms with Crippen LogP contribution in [0.1, 0.15) is 0 Å². The quantitative estimate of drug-likeness (QED) is 0.671. The molecule has 6 heteroatoms. The Kier molecular flexibility index (Phi) is 4.91. The number of amides is 1. The number of anilines is 2. The maximum Gasteiger partial charge on any atom is 0.267 e. The van der Waals surface area contributed by atoms with E-state index in [1.165, 1.54) is 6.20 Å². The minimum absolute atomic E-state index is 0.0596. The van der Waals surface area contributed by atoms with Gasteiger partial charge >= 0.3 is 0 Å². The number of benzene rings is 1. The zero-order chi connectivity index (χ0) is 15.1. The first-order valence-corrected chi connectivity index (χ1v) is 6.41. The highest BCUT2D eigenvalue weighted by molar-refractivity contribution is 6.30. The predicted molar refractivity (Wildman–Crippen MR) is 81.6 cm³/mol. The Bertz CT molecular complexity index is 690. The molecule has 0 spiro atoms. The monoisotopic (exact) mass is 298 g/mol. The molecule has 21 heavy (non-hydrogen) atoms. The Balaban J connectivity index is 2.05. The molecule has 104 valence electrons. The van der Waals surface area contributed by atoms with Gasteiger partial charge < -0.3 is 10.6 Å². The van der Waals surface area contributed by atoms with Crippen LogP contribution in [-0.2, 0) is 4.79 Å². The van der Waals surface area contributed by atoms with E-state index < -0.39 is 5.91 Å². The van der Waals surface area contributed by atoms with Crippen molar-refractivity contribution in [2.24, 2.45) is 0 Å². The average molecular weight is 299 g/mol. The summed E-state index contributed by atoms with van der Waals surface area (Å²) in [5, 5.41) is 15.0. The van der Waals surface area contributed by atoms with Gasteiger partial charge in [-0.05, 0) is 36.4 Å². The second kappa shape index (κ2) is 7.08. The second-order valence-corrected chi connectivity index (χ2v) is 4.43. The zero-order valence-corrected chi connectivity index (χ0v) is 11.6. The molecular weight excluding hydrogens is 288 g/mol. The van der Waals surface area contributed by atoms with E-state index in [1.807, 2.05) is 6.07 Å². The summed E-state index contributed by atoms with van der Waals surface area (Å²) in [7, 11) is 0. The molecule has 0 aliphatic rings. The molecule has 1 amide bonds. The fourth-order valence-corrected chi connectivity index (χ4v) is 1.60. The highest BCUT2D eigenvalue weighted by atomic mass is 35.5. The van der Waals surface area contributed by atoms with Gasteiger partial charge in [-0.3, -0.25) is 4.79 Å². The van der Waals surface area contributed by atoms with E-state index >= 15 is 0 Å². The molecule has 0 saturated carbocycles. The number of pyridine rings is 1. The third-order valence-corrected chi connectivity index (χ3v) is 2.75. The number of rotatable bonds is 4. The van der Waals surface area contributed by atoms with Crippen LogP contribution in [0.5, 0.6) is 0 Å². The van der Waals surface area contributed by atoms with Gasteiger partial charge in [-0.25, -0.2) is 4.98 Å². The molecule has 0 aliphatic heterocycles. The number of halogens is 1. The van der Waals surface area contributed by atoms with E-state index in [1.54, 1.807) is 48.7 Å². The number of aromatic nitrogens is 1. The molecule has 0 atom stereocenters. The van der Waals surface area contributed by atoms with E-state index in [0.29, 0.717) is 16.5 Å².